The van der Waals surface area contributed by atoms with Crippen molar-refractivity contribution in [1.29, 1.82) is 0 Å². The summed E-state index contributed by atoms with van der Waals surface area (Å²) in [5.74, 6) is 0.0584. The molecule has 1 unspecified atom stereocenters. The lowest BCUT2D eigenvalue weighted by Gasteiger charge is -2.45. The third-order valence-corrected chi connectivity index (χ3v) is 5.56. The van der Waals surface area contributed by atoms with Crippen LogP contribution in [0.2, 0.25) is 0 Å². The number of hydrogen-bond donors (Lipinski definition) is 2. The molecule has 0 saturated carbocycles. The fourth-order valence-electron chi connectivity index (χ4n) is 3.98. The van der Waals surface area contributed by atoms with Crippen LogP contribution in [-0.4, -0.2) is 47.6 Å². The molecule has 1 aromatic rings. The molecule has 6 heteroatoms. The van der Waals surface area contributed by atoms with E-state index in [-0.39, 0.29) is 11.8 Å². The van der Waals surface area contributed by atoms with Crippen molar-refractivity contribution in [2.24, 2.45) is 0 Å². The van der Waals surface area contributed by atoms with E-state index >= 15 is 0 Å². The Morgan fingerprint density at radius 2 is 1.88 bits per heavy atom. The molecule has 0 bridgehead atoms. The van der Waals surface area contributed by atoms with Crippen molar-refractivity contribution in [3.05, 3.63) is 24.3 Å². The van der Waals surface area contributed by atoms with Crippen LogP contribution in [0.1, 0.15) is 32.6 Å². The number of carbonyl (C=O) groups is 2. The van der Waals surface area contributed by atoms with Gasteiger partial charge in [0.15, 0.2) is 0 Å². The zero-order valence-corrected chi connectivity index (χ0v) is 13.9. The predicted molar refractivity (Wildman–Crippen MR) is 90.8 cm³/mol. The molecular weight excluding hydrogens is 306 g/mol. The number of rotatable bonds is 1. The Morgan fingerprint density at radius 1 is 1.17 bits per heavy atom. The van der Waals surface area contributed by atoms with Gasteiger partial charge in [0.2, 0.25) is 5.91 Å². The summed E-state index contributed by atoms with van der Waals surface area (Å²) in [6, 6.07) is 7.72. The van der Waals surface area contributed by atoms with Gasteiger partial charge >= 0.3 is 0 Å². The normalized spacial score (nSPS) is 28.2. The van der Waals surface area contributed by atoms with Crippen molar-refractivity contribution >= 4 is 23.2 Å². The molecule has 3 heterocycles. The number of para-hydroxylation sites is 2. The number of ether oxygens (including phenoxy) is 1. The van der Waals surface area contributed by atoms with Gasteiger partial charge < -0.3 is 20.3 Å². The molecule has 3 aliphatic heterocycles. The fourth-order valence-corrected chi connectivity index (χ4v) is 3.98. The smallest absolute Gasteiger partial charge is 0.254 e. The van der Waals surface area contributed by atoms with Gasteiger partial charge in [-0.25, -0.2) is 0 Å². The molecule has 0 aromatic heterocycles. The fraction of sp³-hybridized carbons (Fsp3) is 0.556. The average molecular weight is 329 g/mol. The summed E-state index contributed by atoms with van der Waals surface area (Å²) < 4.78 is 5.67. The molecule has 2 fully saturated rings. The molecule has 2 amide bonds. The lowest BCUT2D eigenvalue weighted by molar-refractivity contribution is -0.153. The number of fused-ring (bicyclic) bond motifs is 1. The molecule has 4 rings (SSSR count). The summed E-state index contributed by atoms with van der Waals surface area (Å²) in [5, 5.41) is 6.42. The number of likely N-dealkylation sites (tertiary alicyclic amines) is 1. The number of carbonyl (C=O) groups excluding carboxylic acids is 2. The van der Waals surface area contributed by atoms with Crippen molar-refractivity contribution in [3.8, 4) is 0 Å². The highest BCUT2D eigenvalue weighted by atomic mass is 16.5. The van der Waals surface area contributed by atoms with E-state index in [1.54, 1.807) is 0 Å². The second kappa shape index (κ2) is 5.48. The van der Waals surface area contributed by atoms with Gasteiger partial charge in [0.25, 0.3) is 5.91 Å². The van der Waals surface area contributed by atoms with Crippen LogP contribution < -0.4 is 10.6 Å². The van der Waals surface area contributed by atoms with Gasteiger partial charge in [-0.1, -0.05) is 12.1 Å². The Kier molecular flexibility index (Phi) is 3.53. The zero-order valence-electron chi connectivity index (χ0n) is 13.9. The highest BCUT2D eigenvalue weighted by molar-refractivity contribution is 6.06. The topological polar surface area (TPSA) is 70.7 Å². The lowest BCUT2D eigenvalue weighted by atomic mass is 9.83. The molecule has 128 valence electrons. The van der Waals surface area contributed by atoms with Crippen LogP contribution in [0.15, 0.2) is 24.3 Å². The monoisotopic (exact) mass is 329 g/mol. The number of piperidine rings is 1. The first-order chi connectivity index (χ1) is 11.5. The standard InChI is InChI=1S/C18H23N3O3/c1-17(7-4-12-24-17)16(23)21-10-8-18(9-11-21)15(22)19-13-5-2-3-6-14(13)20-18/h2-3,5-6,20H,4,7-12H2,1H3,(H,19,22). The average Bonchev–Trinajstić information content (AvgIpc) is 3.04. The zero-order chi connectivity index (χ0) is 16.8. The van der Waals surface area contributed by atoms with Crippen molar-refractivity contribution in [3.63, 3.8) is 0 Å². The molecule has 2 N–H and O–H groups in total. The summed E-state index contributed by atoms with van der Waals surface area (Å²) in [4.78, 5) is 27.2. The molecule has 0 aliphatic carbocycles. The van der Waals surface area contributed by atoms with Crippen molar-refractivity contribution in [2.75, 3.05) is 30.3 Å². The van der Waals surface area contributed by atoms with E-state index < -0.39 is 11.1 Å². The maximum absolute atomic E-state index is 12.8. The number of hydrogen-bond acceptors (Lipinski definition) is 4. The number of anilines is 2. The Bertz CT molecular complexity index is 674. The predicted octanol–water partition coefficient (Wildman–Crippen LogP) is 1.98. The maximum atomic E-state index is 12.8. The molecule has 1 atom stereocenters. The summed E-state index contributed by atoms with van der Waals surface area (Å²) in [6.45, 7) is 3.68. The molecule has 1 spiro atoms. The molecule has 2 saturated heterocycles. The second-order valence-corrected chi connectivity index (χ2v) is 7.18. The highest BCUT2D eigenvalue weighted by Gasteiger charge is 2.48. The van der Waals surface area contributed by atoms with E-state index in [1.807, 2.05) is 36.1 Å². The van der Waals surface area contributed by atoms with Crippen molar-refractivity contribution in [1.82, 2.24) is 4.90 Å². The van der Waals surface area contributed by atoms with Crippen LogP contribution in [0.5, 0.6) is 0 Å². The van der Waals surface area contributed by atoms with Crippen LogP contribution >= 0.6 is 0 Å². The minimum Gasteiger partial charge on any atom is -0.369 e. The second-order valence-electron chi connectivity index (χ2n) is 7.18. The van der Waals surface area contributed by atoms with Gasteiger partial charge in [-0.2, -0.15) is 0 Å². The number of nitrogens with one attached hydrogen (secondary N) is 2. The Morgan fingerprint density at radius 3 is 2.54 bits per heavy atom. The van der Waals surface area contributed by atoms with Crippen LogP contribution in [0, 0.1) is 0 Å². The summed E-state index contributed by atoms with van der Waals surface area (Å²) in [5.41, 5.74) is 0.462. The molecule has 3 aliphatic rings. The third-order valence-electron chi connectivity index (χ3n) is 5.56. The van der Waals surface area contributed by atoms with Gasteiger partial charge in [0.1, 0.15) is 11.1 Å². The van der Waals surface area contributed by atoms with Crippen LogP contribution in [-0.2, 0) is 14.3 Å². The number of benzene rings is 1. The summed E-state index contributed by atoms with van der Waals surface area (Å²) >= 11 is 0. The number of nitrogens with zero attached hydrogens (tertiary/aromatic N) is 1. The quantitative estimate of drug-likeness (QED) is 0.826. The van der Waals surface area contributed by atoms with Gasteiger partial charge in [-0.3, -0.25) is 9.59 Å². The van der Waals surface area contributed by atoms with E-state index in [1.165, 1.54) is 0 Å². The van der Waals surface area contributed by atoms with E-state index in [0.717, 1.165) is 24.2 Å². The molecular formula is C18H23N3O3. The van der Waals surface area contributed by atoms with Gasteiger partial charge in [-0.05, 0) is 44.7 Å². The van der Waals surface area contributed by atoms with Crippen LogP contribution in [0.4, 0.5) is 11.4 Å². The lowest BCUT2D eigenvalue weighted by Crippen LogP contribution is -2.60. The molecule has 6 nitrogen and oxygen atoms in total. The first kappa shape index (κ1) is 15.4. The number of amides is 2. The third kappa shape index (κ3) is 2.36. The molecule has 24 heavy (non-hydrogen) atoms. The van der Waals surface area contributed by atoms with E-state index in [0.29, 0.717) is 32.5 Å². The molecule has 1 aromatic carbocycles. The molecule has 0 radical (unpaired) electrons. The van der Waals surface area contributed by atoms with Crippen molar-refractivity contribution < 1.29 is 14.3 Å². The summed E-state index contributed by atoms with van der Waals surface area (Å²) in [7, 11) is 0. The van der Waals surface area contributed by atoms with Crippen LogP contribution in [0.3, 0.4) is 0 Å². The highest BCUT2D eigenvalue weighted by Crippen LogP contribution is 2.37. The summed E-state index contributed by atoms with van der Waals surface area (Å²) in [6.07, 6.45) is 2.92. The van der Waals surface area contributed by atoms with Gasteiger partial charge in [-0.15, -0.1) is 0 Å². The van der Waals surface area contributed by atoms with Gasteiger partial charge in [0, 0.05) is 19.7 Å². The largest absolute Gasteiger partial charge is 0.369 e. The minimum atomic E-state index is -0.681. The minimum absolute atomic E-state index is 0.00312. The first-order valence-corrected chi connectivity index (χ1v) is 8.65. The van der Waals surface area contributed by atoms with E-state index in [4.69, 9.17) is 4.74 Å². The Labute approximate surface area is 141 Å². The Hall–Kier alpha value is -2.08. The first-order valence-electron chi connectivity index (χ1n) is 8.65. The van der Waals surface area contributed by atoms with Crippen molar-refractivity contribution in [2.45, 2.75) is 43.7 Å². The van der Waals surface area contributed by atoms with E-state index in [9.17, 15) is 9.59 Å². The maximum Gasteiger partial charge on any atom is 0.254 e. The van der Waals surface area contributed by atoms with Crippen LogP contribution in [0.25, 0.3) is 0 Å². The Balaban J connectivity index is 1.48. The van der Waals surface area contributed by atoms with E-state index in [2.05, 4.69) is 10.6 Å². The van der Waals surface area contributed by atoms with Gasteiger partial charge in [0.05, 0.1) is 11.4 Å². The SMILES string of the molecule is CC1(C(=O)N2CCC3(CC2)Nc2ccccc2NC3=O)CCCO1.